The van der Waals surface area contributed by atoms with Gasteiger partial charge < -0.3 is 15.1 Å². The molecule has 0 bridgehead atoms. The van der Waals surface area contributed by atoms with Crippen molar-refractivity contribution in [3.05, 3.63) is 41.5 Å². The number of aliphatic imine (C=N–C) groups is 1. The molecular weight excluding hydrogens is 458 g/mol. The molecule has 0 atom stereocenters. The fourth-order valence-electron chi connectivity index (χ4n) is 3.76. The first kappa shape index (κ1) is 25.3. The van der Waals surface area contributed by atoms with Gasteiger partial charge in [0.2, 0.25) is 11.9 Å². The maximum absolute atomic E-state index is 12.1. The summed E-state index contributed by atoms with van der Waals surface area (Å²) in [6.07, 6.45) is 2.55. The molecule has 2 aliphatic rings. The first-order valence-electron chi connectivity index (χ1n) is 12.3. The second-order valence-corrected chi connectivity index (χ2v) is 10.8. The maximum atomic E-state index is 12.1. The minimum absolute atomic E-state index is 0.0455. The third-order valence-corrected chi connectivity index (χ3v) is 7.15. The number of amidine groups is 1. The number of likely N-dealkylation sites (N-methyl/N-ethyl adjacent to an activating group) is 1. The molecule has 1 saturated heterocycles. The number of rotatable bonds is 8. The van der Waals surface area contributed by atoms with E-state index in [-0.39, 0.29) is 11.7 Å². The largest absolute Gasteiger partial charge is 0.338 e. The van der Waals surface area contributed by atoms with E-state index in [1.807, 2.05) is 38.1 Å². The third-order valence-electron chi connectivity index (χ3n) is 6.28. The molecule has 8 nitrogen and oxygen atoms in total. The molecule has 2 aromatic rings. The van der Waals surface area contributed by atoms with E-state index in [1.54, 1.807) is 0 Å². The van der Waals surface area contributed by atoms with Crippen molar-refractivity contribution in [1.82, 2.24) is 19.9 Å². The molecule has 1 aromatic carbocycles. The highest BCUT2D eigenvalue weighted by molar-refractivity contribution is 7.99. The average molecular weight is 494 g/mol. The number of carbonyl (C=O) groups excluding carboxylic acids is 1. The molecule has 3 heterocycles. The highest BCUT2D eigenvalue weighted by Gasteiger charge is 2.20. The van der Waals surface area contributed by atoms with Crippen molar-refractivity contribution in [2.24, 2.45) is 16.8 Å². The lowest BCUT2D eigenvalue weighted by Crippen LogP contribution is -2.45. The molecule has 35 heavy (non-hydrogen) atoms. The highest BCUT2D eigenvalue weighted by Crippen LogP contribution is 2.28. The van der Waals surface area contributed by atoms with Gasteiger partial charge in [-0.1, -0.05) is 39.8 Å². The van der Waals surface area contributed by atoms with Gasteiger partial charge in [-0.05, 0) is 54.1 Å². The lowest BCUT2D eigenvalue weighted by atomic mass is 10.0. The molecule has 1 N–H and O–H groups in total. The Balaban J connectivity index is 1.54. The number of ketones is 1. The van der Waals surface area contributed by atoms with Crippen molar-refractivity contribution in [2.45, 2.75) is 44.2 Å². The Morgan fingerprint density at radius 1 is 1.03 bits per heavy atom. The van der Waals surface area contributed by atoms with Gasteiger partial charge in [0.05, 0.1) is 6.54 Å². The van der Waals surface area contributed by atoms with E-state index in [1.165, 1.54) is 17.3 Å². The first-order valence-corrected chi connectivity index (χ1v) is 13.1. The van der Waals surface area contributed by atoms with Crippen LogP contribution in [0.1, 0.15) is 33.3 Å². The Kier molecular flexibility index (Phi) is 8.18. The molecule has 0 aliphatic carbocycles. The van der Waals surface area contributed by atoms with Crippen LogP contribution in [0.3, 0.4) is 0 Å². The van der Waals surface area contributed by atoms with Gasteiger partial charge in [-0.3, -0.25) is 9.79 Å². The minimum Gasteiger partial charge on any atom is -0.338 e. The summed E-state index contributed by atoms with van der Waals surface area (Å²) in [5.41, 5.74) is 2.32. The van der Waals surface area contributed by atoms with Crippen LogP contribution in [-0.4, -0.2) is 71.2 Å². The molecular formula is C26H35N7OS. The number of nitrogens with zero attached hydrogens (tertiary/aromatic N) is 6. The standard InChI is InChI=1S/C26H35N7OS/c1-17(2)20-15-23(27-16-20)28-24-29-25(33-12-10-32(5)11-13-33)31-26(30-24)35-21-8-6-19(7-9-21)14-22(34)18(3)4/h6-9,15,17-18H,10-14,16H2,1-5H3,(H,27,28,29,30,31). The molecule has 9 heteroatoms. The molecule has 1 fully saturated rings. The van der Waals surface area contributed by atoms with Gasteiger partial charge in [0.15, 0.2) is 5.16 Å². The summed E-state index contributed by atoms with van der Waals surface area (Å²) in [7, 11) is 2.13. The SMILES string of the molecule is CC(C)C(=O)Cc1ccc(Sc2nc(NC3=NCC(C(C)C)=C3)nc(N3CCN(C)CC3)n2)cc1. The van der Waals surface area contributed by atoms with Crippen LogP contribution in [0.15, 0.2) is 51.0 Å². The summed E-state index contributed by atoms with van der Waals surface area (Å²) in [6.45, 7) is 12.6. The van der Waals surface area contributed by atoms with Gasteiger partial charge in [0, 0.05) is 43.4 Å². The molecule has 0 saturated carbocycles. The highest BCUT2D eigenvalue weighted by atomic mass is 32.2. The summed E-state index contributed by atoms with van der Waals surface area (Å²) in [5, 5.41) is 3.94. The van der Waals surface area contributed by atoms with Gasteiger partial charge in [0.1, 0.15) is 11.6 Å². The molecule has 0 radical (unpaired) electrons. The number of anilines is 2. The van der Waals surface area contributed by atoms with Gasteiger partial charge in [-0.15, -0.1) is 0 Å². The molecule has 186 valence electrons. The predicted molar refractivity (Wildman–Crippen MR) is 142 cm³/mol. The number of nitrogens with one attached hydrogen (secondary N) is 1. The second-order valence-electron chi connectivity index (χ2n) is 9.78. The van der Waals surface area contributed by atoms with E-state index < -0.39 is 0 Å². The van der Waals surface area contributed by atoms with Crippen LogP contribution in [0.4, 0.5) is 11.9 Å². The van der Waals surface area contributed by atoms with E-state index in [2.05, 4.69) is 47.1 Å². The minimum atomic E-state index is 0.0455. The van der Waals surface area contributed by atoms with Crippen LogP contribution in [0, 0.1) is 11.8 Å². The summed E-state index contributed by atoms with van der Waals surface area (Å²) in [5.74, 6) is 2.74. The molecule has 1 aromatic heterocycles. The maximum Gasteiger partial charge on any atom is 0.234 e. The molecule has 4 rings (SSSR count). The van der Waals surface area contributed by atoms with E-state index in [0.717, 1.165) is 42.5 Å². The van der Waals surface area contributed by atoms with Crippen molar-refractivity contribution in [1.29, 1.82) is 0 Å². The molecule has 0 amide bonds. The summed E-state index contributed by atoms with van der Waals surface area (Å²) in [6, 6.07) is 8.07. The van der Waals surface area contributed by atoms with E-state index in [9.17, 15) is 4.79 Å². The van der Waals surface area contributed by atoms with Crippen LogP contribution in [0.2, 0.25) is 0 Å². The Morgan fingerprint density at radius 2 is 1.74 bits per heavy atom. The molecule has 0 unspecified atom stereocenters. The van der Waals surface area contributed by atoms with E-state index in [0.29, 0.717) is 35.9 Å². The Labute approximate surface area is 212 Å². The lowest BCUT2D eigenvalue weighted by Gasteiger charge is -2.32. The first-order chi connectivity index (χ1) is 16.8. The van der Waals surface area contributed by atoms with Crippen molar-refractivity contribution < 1.29 is 4.79 Å². The Hall–Kier alpha value is -2.78. The fourth-order valence-corrected chi connectivity index (χ4v) is 4.51. The predicted octanol–water partition coefficient (Wildman–Crippen LogP) is 3.95. The van der Waals surface area contributed by atoms with E-state index in [4.69, 9.17) is 15.0 Å². The number of carbonyl (C=O) groups is 1. The van der Waals surface area contributed by atoms with Crippen LogP contribution in [-0.2, 0) is 11.2 Å². The smallest absolute Gasteiger partial charge is 0.234 e. The summed E-state index contributed by atoms with van der Waals surface area (Å²) in [4.78, 5) is 36.4. The van der Waals surface area contributed by atoms with Gasteiger partial charge >= 0.3 is 0 Å². The van der Waals surface area contributed by atoms with Crippen LogP contribution < -0.4 is 10.2 Å². The van der Waals surface area contributed by atoms with Gasteiger partial charge in [0.25, 0.3) is 0 Å². The molecule has 2 aliphatic heterocycles. The average Bonchev–Trinajstić information content (AvgIpc) is 3.29. The van der Waals surface area contributed by atoms with E-state index >= 15 is 0 Å². The zero-order chi connectivity index (χ0) is 24.9. The third kappa shape index (κ3) is 6.89. The molecule has 0 spiro atoms. The zero-order valence-corrected chi connectivity index (χ0v) is 22.1. The quantitative estimate of drug-likeness (QED) is 0.592. The summed E-state index contributed by atoms with van der Waals surface area (Å²) >= 11 is 1.50. The number of piperazine rings is 1. The zero-order valence-electron chi connectivity index (χ0n) is 21.3. The van der Waals surface area contributed by atoms with Crippen LogP contribution in [0.5, 0.6) is 0 Å². The number of Topliss-reactive ketones (excluding diaryl/α,β-unsaturated/α-hetero) is 1. The number of hydrogen-bond donors (Lipinski definition) is 1. The Bertz CT molecular complexity index is 1100. The lowest BCUT2D eigenvalue weighted by molar-refractivity contribution is -0.121. The van der Waals surface area contributed by atoms with Crippen molar-refractivity contribution in [3.8, 4) is 0 Å². The fraction of sp³-hybridized carbons (Fsp3) is 0.500. The van der Waals surface area contributed by atoms with Crippen molar-refractivity contribution in [2.75, 3.05) is 50.0 Å². The topological polar surface area (TPSA) is 86.6 Å². The van der Waals surface area contributed by atoms with Gasteiger partial charge in [-0.2, -0.15) is 15.0 Å². The normalized spacial score (nSPS) is 16.6. The Morgan fingerprint density at radius 3 is 2.37 bits per heavy atom. The number of benzene rings is 1. The summed E-state index contributed by atoms with van der Waals surface area (Å²) < 4.78 is 0. The van der Waals surface area contributed by atoms with Crippen molar-refractivity contribution in [3.63, 3.8) is 0 Å². The van der Waals surface area contributed by atoms with Crippen LogP contribution in [0.25, 0.3) is 0 Å². The monoisotopic (exact) mass is 493 g/mol. The number of hydrogen-bond acceptors (Lipinski definition) is 9. The number of aromatic nitrogens is 3. The van der Waals surface area contributed by atoms with Gasteiger partial charge in [-0.25, -0.2) is 0 Å². The van der Waals surface area contributed by atoms with Crippen molar-refractivity contribution >= 4 is 35.3 Å². The second kappa shape index (κ2) is 11.3. The van der Waals surface area contributed by atoms with Crippen LogP contribution >= 0.6 is 11.8 Å².